The van der Waals surface area contributed by atoms with Gasteiger partial charge in [-0.3, -0.25) is 4.79 Å². The molecule has 14 heavy (non-hydrogen) atoms. The van der Waals surface area contributed by atoms with Crippen molar-refractivity contribution in [2.75, 3.05) is 6.61 Å². The zero-order chi connectivity index (χ0) is 11.0. The third-order valence-corrected chi connectivity index (χ3v) is 1.39. The minimum absolute atomic E-state index is 0.0768. The van der Waals surface area contributed by atoms with Crippen molar-refractivity contribution in [2.45, 2.75) is 19.4 Å². The van der Waals surface area contributed by atoms with E-state index >= 15 is 0 Å². The topological polar surface area (TPSA) is 63.6 Å². The molecular formula is C10H14O4. The number of ketones is 1. The van der Waals surface area contributed by atoms with Gasteiger partial charge in [-0.25, -0.2) is 4.79 Å². The van der Waals surface area contributed by atoms with Crippen LogP contribution in [-0.4, -0.2) is 29.6 Å². The van der Waals surface area contributed by atoms with E-state index in [0.717, 1.165) is 6.08 Å². The highest BCUT2D eigenvalue weighted by Crippen LogP contribution is 1.95. The number of hydrogen-bond acceptors (Lipinski definition) is 4. The van der Waals surface area contributed by atoms with E-state index in [1.807, 2.05) is 0 Å². The lowest BCUT2D eigenvalue weighted by Crippen LogP contribution is -2.20. The molecule has 0 aromatic carbocycles. The van der Waals surface area contributed by atoms with Gasteiger partial charge in [-0.2, -0.15) is 0 Å². The normalized spacial score (nSPS) is 12.4. The molecule has 0 aromatic heterocycles. The Balaban J connectivity index is 3.73. The molecule has 0 aromatic rings. The van der Waals surface area contributed by atoms with Gasteiger partial charge in [0.1, 0.15) is 6.61 Å². The van der Waals surface area contributed by atoms with Gasteiger partial charge in [0, 0.05) is 12.5 Å². The van der Waals surface area contributed by atoms with Crippen molar-refractivity contribution in [3.63, 3.8) is 0 Å². The Hall–Kier alpha value is -1.42. The Morgan fingerprint density at radius 3 is 2.71 bits per heavy atom. The molecule has 1 atom stereocenters. The summed E-state index contributed by atoms with van der Waals surface area (Å²) >= 11 is 0. The van der Waals surface area contributed by atoms with E-state index in [0.29, 0.717) is 0 Å². The predicted octanol–water partition coefficient (Wildman–Crippen LogP) is 0.612. The molecule has 0 amide bonds. The van der Waals surface area contributed by atoms with Crippen LogP contribution in [0.4, 0.5) is 0 Å². The fourth-order valence-corrected chi connectivity index (χ4v) is 0.737. The SMILES string of the molecule is C=CC(=O)CC(O)COC(=O)/C=C/C. The van der Waals surface area contributed by atoms with Crippen LogP contribution in [0.1, 0.15) is 13.3 Å². The summed E-state index contributed by atoms with van der Waals surface area (Å²) in [7, 11) is 0. The number of carbonyl (C=O) groups excluding carboxylic acids is 2. The Morgan fingerprint density at radius 2 is 2.21 bits per heavy atom. The maximum Gasteiger partial charge on any atom is 0.330 e. The molecule has 0 fully saturated rings. The molecule has 0 saturated carbocycles. The van der Waals surface area contributed by atoms with E-state index in [9.17, 15) is 14.7 Å². The summed E-state index contributed by atoms with van der Waals surface area (Å²) in [5, 5.41) is 9.20. The van der Waals surface area contributed by atoms with Gasteiger partial charge < -0.3 is 9.84 Å². The van der Waals surface area contributed by atoms with Crippen LogP contribution >= 0.6 is 0 Å². The van der Waals surface area contributed by atoms with Gasteiger partial charge in [0.2, 0.25) is 0 Å². The van der Waals surface area contributed by atoms with Crippen LogP contribution in [-0.2, 0) is 14.3 Å². The standard InChI is InChI=1S/C10H14O4/c1-3-5-10(13)14-7-9(12)6-8(11)4-2/h3-5,9,12H,2,6-7H2,1H3/b5-3+. The van der Waals surface area contributed by atoms with Crippen LogP contribution in [0.25, 0.3) is 0 Å². The number of rotatable bonds is 6. The first-order chi connectivity index (χ1) is 6.60. The molecule has 0 bridgehead atoms. The zero-order valence-electron chi connectivity index (χ0n) is 8.10. The summed E-state index contributed by atoms with van der Waals surface area (Å²) in [6, 6.07) is 0. The first-order valence-electron chi connectivity index (χ1n) is 4.23. The van der Waals surface area contributed by atoms with Gasteiger partial charge in [0.15, 0.2) is 5.78 Å². The van der Waals surface area contributed by atoms with Crippen LogP contribution in [0.15, 0.2) is 24.8 Å². The van der Waals surface area contributed by atoms with E-state index < -0.39 is 12.1 Å². The number of aliphatic hydroxyl groups excluding tert-OH is 1. The highest BCUT2D eigenvalue weighted by Gasteiger charge is 2.09. The van der Waals surface area contributed by atoms with E-state index in [4.69, 9.17) is 0 Å². The van der Waals surface area contributed by atoms with Gasteiger partial charge in [-0.15, -0.1) is 0 Å². The number of allylic oxidation sites excluding steroid dienone is 2. The van der Waals surface area contributed by atoms with Crippen molar-refractivity contribution in [1.29, 1.82) is 0 Å². The maximum absolute atomic E-state index is 10.8. The zero-order valence-corrected chi connectivity index (χ0v) is 8.10. The Morgan fingerprint density at radius 1 is 1.57 bits per heavy atom. The second-order valence-corrected chi connectivity index (χ2v) is 2.66. The molecule has 1 unspecified atom stereocenters. The van der Waals surface area contributed by atoms with Crippen molar-refractivity contribution in [2.24, 2.45) is 0 Å². The van der Waals surface area contributed by atoms with Crippen LogP contribution in [0.2, 0.25) is 0 Å². The van der Waals surface area contributed by atoms with Gasteiger partial charge in [-0.1, -0.05) is 12.7 Å². The third kappa shape index (κ3) is 6.14. The Labute approximate surface area is 82.9 Å². The second kappa shape index (κ2) is 7.03. The molecule has 4 heteroatoms. The van der Waals surface area contributed by atoms with Gasteiger partial charge in [0.05, 0.1) is 6.10 Å². The number of hydrogen-bond donors (Lipinski definition) is 1. The number of aliphatic hydroxyl groups is 1. The molecule has 0 radical (unpaired) electrons. The molecule has 0 aliphatic rings. The number of esters is 1. The predicted molar refractivity (Wildman–Crippen MR) is 51.6 cm³/mol. The number of ether oxygens (including phenoxy) is 1. The second-order valence-electron chi connectivity index (χ2n) is 2.66. The highest BCUT2D eigenvalue weighted by atomic mass is 16.5. The molecule has 78 valence electrons. The summed E-state index contributed by atoms with van der Waals surface area (Å²) in [4.78, 5) is 21.5. The third-order valence-electron chi connectivity index (χ3n) is 1.39. The highest BCUT2D eigenvalue weighted by molar-refractivity contribution is 5.89. The van der Waals surface area contributed by atoms with Gasteiger partial charge in [-0.05, 0) is 13.0 Å². The van der Waals surface area contributed by atoms with Crippen molar-refractivity contribution >= 4 is 11.8 Å². The van der Waals surface area contributed by atoms with E-state index in [2.05, 4.69) is 11.3 Å². The molecule has 0 rings (SSSR count). The molecule has 0 saturated heterocycles. The van der Waals surface area contributed by atoms with Crippen molar-refractivity contribution < 1.29 is 19.4 Å². The van der Waals surface area contributed by atoms with Crippen molar-refractivity contribution in [1.82, 2.24) is 0 Å². The minimum Gasteiger partial charge on any atom is -0.460 e. The van der Waals surface area contributed by atoms with Crippen molar-refractivity contribution in [3.05, 3.63) is 24.8 Å². The molecule has 0 spiro atoms. The molecular weight excluding hydrogens is 184 g/mol. The molecule has 4 nitrogen and oxygen atoms in total. The first kappa shape index (κ1) is 12.6. The summed E-state index contributed by atoms with van der Waals surface area (Å²) in [6.45, 7) is 4.76. The van der Waals surface area contributed by atoms with Gasteiger partial charge in [0.25, 0.3) is 0 Å². The maximum atomic E-state index is 10.8. The Kier molecular flexibility index (Phi) is 6.32. The quantitative estimate of drug-likeness (QED) is 0.501. The van der Waals surface area contributed by atoms with Crippen LogP contribution in [0.3, 0.4) is 0 Å². The molecule has 0 heterocycles. The summed E-state index contributed by atoms with van der Waals surface area (Å²) < 4.78 is 4.63. The minimum atomic E-state index is -0.963. The number of carbonyl (C=O) groups is 2. The monoisotopic (exact) mass is 198 g/mol. The molecule has 0 aliphatic carbocycles. The summed E-state index contributed by atoms with van der Waals surface area (Å²) in [5.74, 6) is -0.808. The first-order valence-corrected chi connectivity index (χ1v) is 4.23. The van der Waals surface area contributed by atoms with Crippen molar-refractivity contribution in [3.8, 4) is 0 Å². The van der Waals surface area contributed by atoms with Crippen LogP contribution in [0, 0.1) is 0 Å². The largest absolute Gasteiger partial charge is 0.460 e. The summed E-state index contributed by atoms with van der Waals surface area (Å²) in [5.41, 5.74) is 0. The Bertz CT molecular complexity index is 243. The lowest BCUT2D eigenvalue weighted by atomic mass is 10.2. The lowest BCUT2D eigenvalue weighted by molar-refractivity contribution is -0.141. The molecule has 1 N–H and O–H groups in total. The lowest BCUT2D eigenvalue weighted by Gasteiger charge is -2.07. The summed E-state index contributed by atoms with van der Waals surface area (Å²) in [6.07, 6.45) is 2.85. The fraction of sp³-hybridized carbons (Fsp3) is 0.400. The van der Waals surface area contributed by atoms with Crippen LogP contribution in [0.5, 0.6) is 0 Å². The van der Waals surface area contributed by atoms with Crippen LogP contribution < -0.4 is 0 Å². The van der Waals surface area contributed by atoms with E-state index in [1.165, 1.54) is 12.2 Å². The smallest absolute Gasteiger partial charge is 0.330 e. The molecule has 0 aliphatic heterocycles. The average Bonchev–Trinajstić information content (AvgIpc) is 2.15. The average molecular weight is 198 g/mol. The fourth-order valence-electron chi connectivity index (χ4n) is 0.737. The van der Waals surface area contributed by atoms with E-state index in [-0.39, 0.29) is 18.8 Å². The van der Waals surface area contributed by atoms with Gasteiger partial charge >= 0.3 is 5.97 Å². The van der Waals surface area contributed by atoms with E-state index in [1.54, 1.807) is 6.92 Å².